The Labute approximate surface area is 248 Å². The van der Waals surface area contributed by atoms with Crippen LogP contribution in [0.3, 0.4) is 0 Å². The number of rotatable bonds is 13. The van der Waals surface area contributed by atoms with Gasteiger partial charge in [-0.25, -0.2) is 9.97 Å². The predicted molar refractivity (Wildman–Crippen MR) is 159 cm³/mol. The number of hydrogen-bond acceptors (Lipinski definition) is 11. The summed E-state index contributed by atoms with van der Waals surface area (Å²) in [5.74, 6) is 1.07. The zero-order chi connectivity index (χ0) is 29.2. The number of fused-ring (bicyclic) bond motifs is 1. The Bertz CT molecular complexity index is 1330. The number of carbonyl (C=O) groups excluding carboxylic acids is 2. The van der Waals surface area contributed by atoms with Crippen molar-refractivity contribution in [2.24, 2.45) is 0 Å². The second kappa shape index (κ2) is 14.9. The molecule has 1 unspecified atom stereocenters. The number of esters is 2. The van der Waals surface area contributed by atoms with Crippen LogP contribution in [0.4, 0.5) is 11.5 Å². The van der Waals surface area contributed by atoms with Gasteiger partial charge in [0, 0.05) is 54.3 Å². The number of nitrogens with zero attached hydrogens (tertiary/aromatic N) is 4. The van der Waals surface area contributed by atoms with Crippen molar-refractivity contribution in [3.05, 3.63) is 47.2 Å². The first-order valence-corrected chi connectivity index (χ1v) is 14.5. The van der Waals surface area contributed by atoms with E-state index in [-0.39, 0.29) is 25.6 Å². The summed E-state index contributed by atoms with van der Waals surface area (Å²) in [5.41, 5.74) is 1.63. The highest BCUT2D eigenvalue weighted by atomic mass is 79.9. The highest BCUT2D eigenvalue weighted by Gasteiger charge is 2.32. The Hall–Kier alpha value is -3.48. The molecule has 0 spiro atoms. The molecule has 0 saturated carbocycles. The third-order valence-corrected chi connectivity index (χ3v) is 7.24. The van der Waals surface area contributed by atoms with Crippen molar-refractivity contribution >= 4 is 50.3 Å². The van der Waals surface area contributed by atoms with Gasteiger partial charge in [-0.3, -0.25) is 19.4 Å². The summed E-state index contributed by atoms with van der Waals surface area (Å²) < 4.78 is 23.0. The van der Waals surface area contributed by atoms with Crippen molar-refractivity contribution in [2.45, 2.75) is 26.3 Å². The Kier molecular flexibility index (Phi) is 11.1. The van der Waals surface area contributed by atoms with Crippen LogP contribution in [-0.2, 0) is 19.1 Å². The van der Waals surface area contributed by atoms with E-state index in [9.17, 15) is 9.59 Å². The van der Waals surface area contributed by atoms with Gasteiger partial charge in [0.25, 0.3) is 0 Å². The van der Waals surface area contributed by atoms with E-state index in [0.717, 1.165) is 34.2 Å². The number of carbonyl (C=O) groups is 2. The van der Waals surface area contributed by atoms with Crippen molar-refractivity contribution in [1.82, 2.24) is 19.8 Å². The monoisotopic (exact) mass is 629 g/mol. The third kappa shape index (κ3) is 8.27. The number of piperazine rings is 1. The SMILES string of the molecule is CCOC(=O)CC(C(=O)OCC)N1CCN(CCOc2cc3ncnc(Nc4cccc(Br)c4)c3cc2OC)CC1. The van der Waals surface area contributed by atoms with Crippen molar-refractivity contribution in [3.8, 4) is 11.5 Å². The zero-order valence-electron chi connectivity index (χ0n) is 23.6. The standard InChI is InChI=1S/C29H36BrN5O6/c1-4-39-27(36)18-24(29(37)40-5-2)35-11-9-34(10-12-35)13-14-41-26-17-23-22(16-25(26)38-3)28(32-19-31-23)33-21-8-6-7-20(30)15-21/h6-8,15-17,19,24H,4-5,9-14,18H2,1-3H3,(H,31,32,33). The number of nitrogens with one attached hydrogen (secondary N) is 1. The first-order valence-electron chi connectivity index (χ1n) is 13.7. The number of anilines is 2. The molecule has 1 aliphatic rings. The fourth-order valence-electron chi connectivity index (χ4n) is 4.70. The fraction of sp³-hybridized carbons (Fsp3) is 0.448. The second-order valence-corrected chi connectivity index (χ2v) is 10.3. The lowest BCUT2D eigenvalue weighted by Gasteiger charge is -2.37. The summed E-state index contributed by atoms with van der Waals surface area (Å²) in [6, 6.07) is 10.9. The van der Waals surface area contributed by atoms with Crippen molar-refractivity contribution in [2.75, 3.05) is 65.0 Å². The van der Waals surface area contributed by atoms with Crippen LogP contribution in [0.25, 0.3) is 10.9 Å². The molecule has 4 rings (SSSR count). The maximum atomic E-state index is 12.5. The van der Waals surface area contributed by atoms with Crippen LogP contribution in [0.15, 0.2) is 47.2 Å². The van der Waals surface area contributed by atoms with Gasteiger partial charge >= 0.3 is 11.9 Å². The molecule has 2 aromatic carbocycles. The zero-order valence-corrected chi connectivity index (χ0v) is 25.2. The minimum atomic E-state index is -0.640. The van der Waals surface area contributed by atoms with Gasteiger partial charge in [0.05, 0.1) is 32.3 Å². The Balaban J connectivity index is 1.35. The van der Waals surface area contributed by atoms with E-state index in [1.807, 2.05) is 41.3 Å². The average Bonchev–Trinajstić information content (AvgIpc) is 2.96. The molecule has 220 valence electrons. The summed E-state index contributed by atoms with van der Waals surface area (Å²) in [6.45, 7) is 7.91. The molecule has 41 heavy (non-hydrogen) atoms. The van der Waals surface area contributed by atoms with Gasteiger partial charge in [-0.05, 0) is 38.1 Å². The van der Waals surface area contributed by atoms with Crippen LogP contribution in [-0.4, -0.2) is 97.4 Å². The molecular weight excluding hydrogens is 594 g/mol. The number of halogens is 1. The average molecular weight is 631 g/mol. The number of ether oxygens (including phenoxy) is 4. The summed E-state index contributed by atoms with van der Waals surface area (Å²) in [5, 5.41) is 4.16. The van der Waals surface area contributed by atoms with Crippen molar-refractivity contribution in [1.29, 1.82) is 0 Å². The van der Waals surface area contributed by atoms with Crippen LogP contribution in [0.2, 0.25) is 0 Å². The maximum Gasteiger partial charge on any atom is 0.323 e. The highest BCUT2D eigenvalue weighted by Crippen LogP contribution is 2.35. The van der Waals surface area contributed by atoms with E-state index >= 15 is 0 Å². The molecule has 12 heteroatoms. The lowest BCUT2D eigenvalue weighted by molar-refractivity contribution is -0.157. The highest BCUT2D eigenvalue weighted by molar-refractivity contribution is 9.10. The lowest BCUT2D eigenvalue weighted by atomic mass is 10.1. The molecule has 1 aliphatic heterocycles. The van der Waals surface area contributed by atoms with Crippen LogP contribution in [0, 0.1) is 0 Å². The van der Waals surface area contributed by atoms with Gasteiger partial charge < -0.3 is 24.3 Å². The van der Waals surface area contributed by atoms with Crippen LogP contribution < -0.4 is 14.8 Å². The maximum absolute atomic E-state index is 12.5. The minimum absolute atomic E-state index is 0.0127. The van der Waals surface area contributed by atoms with Gasteiger partial charge in [-0.15, -0.1) is 0 Å². The molecule has 0 amide bonds. The molecule has 1 N–H and O–H groups in total. The summed E-state index contributed by atoms with van der Waals surface area (Å²) in [4.78, 5) is 37.7. The number of hydrogen-bond donors (Lipinski definition) is 1. The van der Waals surface area contributed by atoms with Gasteiger partial charge in [-0.1, -0.05) is 22.0 Å². The number of benzene rings is 2. The van der Waals surface area contributed by atoms with E-state index in [4.69, 9.17) is 18.9 Å². The van der Waals surface area contributed by atoms with Crippen LogP contribution in [0.1, 0.15) is 20.3 Å². The quantitative estimate of drug-likeness (QED) is 0.276. The molecule has 1 fully saturated rings. The van der Waals surface area contributed by atoms with E-state index in [2.05, 4.69) is 36.1 Å². The smallest absolute Gasteiger partial charge is 0.323 e. The summed E-state index contributed by atoms with van der Waals surface area (Å²) >= 11 is 3.49. The van der Waals surface area contributed by atoms with Crippen molar-refractivity contribution < 1.29 is 28.5 Å². The Morgan fingerprint density at radius 3 is 2.51 bits per heavy atom. The topological polar surface area (TPSA) is 115 Å². The van der Waals surface area contributed by atoms with E-state index in [1.165, 1.54) is 6.33 Å². The van der Waals surface area contributed by atoms with E-state index in [0.29, 0.717) is 43.6 Å². The third-order valence-electron chi connectivity index (χ3n) is 6.74. The molecule has 2 heterocycles. The molecule has 1 saturated heterocycles. The van der Waals surface area contributed by atoms with Crippen LogP contribution in [0.5, 0.6) is 11.5 Å². The fourth-order valence-corrected chi connectivity index (χ4v) is 5.10. The van der Waals surface area contributed by atoms with Crippen molar-refractivity contribution in [3.63, 3.8) is 0 Å². The molecular formula is C29H36BrN5O6. The predicted octanol–water partition coefficient (Wildman–Crippen LogP) is 4.03. The normalized spacial score (nSPS) is 14.8. The molecule has 3 aromatic rings. The Morgan fingerprint density at radius 1 is 1.02 bits per heavy atom. The lowest BCUT2D eigenvalue weighted by Crippen LogP contribution is -2.54. The first kappa shape index (κ1) is 30.5. The largest absolute Gasteiger partial charge is 0.493 e. The van der Waals surface area contributed by atoms with Gasteiger partial charge in [-0.2, -0.15) is 0 Å². The summed E-state index contributed by atoms with van der Waals surface area (Å²) in [6.07, 6.45) is 1.51. The minimum Gasteiger partial charge on any atom is -0.493 e. The van der Waals surface area contributed by atoms with Crippen LogP contribution >= 0.6 is 15.9 Å². The van der Waals surface area contributed by atoms with Gasteiger partial charge in [0.1, 0.15) is 24.8 Å². The molecule has 0 aliphatic carbocycles. The molecule has 11 nitrogen and oxygen atoms in total. The first-order chi connectivity index (χ1) is 19.9. The molecule has 0 radical (unpaired) electrons. The number of methoxy groups -OCH3 is 1. The number of aromatic nitrogens is 2. The van der Waals surface area contributed by atoms with Gasteiger partial charge in [0.2, 0.25) is 0 Å². The van der Waals surface area contributed by atoms with E-state index < -0.39 is 12.0 Å². The molecule has 1 atom stereocenters. The Morgan fingerprint density at radius 2 is 1.80 bits per heavy atom. The molecule has 0 bridgehead atoms. The van der Waals surface area contributed by atoms with E-state index in [1.54, 1.807) is 21.0 Å². The summed E-state index contributed by atoms with van der Waals surface area (Å²) in [7, 11) is 1.61. The second-order valence-electron chi connectivity index (χ2n) is 9.38. The van der Waals surface area contributed by atoms with Gasteiger partial charge in [0.15, 0.2) is 11.5 Å². The molecule has 1 aromatic heterocycles.